The minimum atomic E-state index is -0.652. The van der Waals surface area contributed by atoms with Crippen molar-refractivity contribution >= 4 is 29.1 Å². The van der Waals surface area contributed by atoms with Crippen molar-refractivity contribution in [1.82, 2.24) is 0 Å². The summed E-state index contributed by atoms with van der Waals surface area (Å²) in [6.45, 7) is 1.89. The number of nitro benzene ring substituents is 1. The number of nitrogens with zero attached hydrogens (tertiary/aromatic N) is 1. The Morgan fingerprint density at radius 2 is 2.29 bits per heavy atom. The average molecular weight is 234 g/mol. The topological polar surface area (TPSA) is 63.4 Å². The van der Waals surface area contributed by atoms with E-state index < -0.39 is 4.92 Å². The molecule has 0 heterocycles. The van der Waals surface area contributed by atoms with Crippen molar-refractivity contribution < 1.29 is 10.0 Å². The number of phenolic OH excluding ortho intramolecular Hbond substituents is 1. The molecule has 1 rings (SSSR count). The lowest BCUT2D eigenvalue weighted by Gasteiger charge is -2.03. The number of aromatic hydroxyl groups is 1. The van der Waals surface area contributed by atoms with Crippen molar-refractivity contribution in [2.45, 2.75) is 11.8 Å². The molecule has 4 nitrogen and oxygen atoms in total. The molecule has 6 heteroatoms. The minimum absolute atomic E-state index is 0.255. The second-order valence-corrected chi connectivity index (χ2v) is 4.20. The summed E-state index contributed by atoms with van der Waals surface area (Å²) in [5.74, 6) is 0.400. The van der Waals surface area contributed by atoms with E-state index in [2.05, 4.69) is 0 Å². The molecule has 0 atom stereocenters. The maximum atomic E-state index is 10.5. The van der Waals surface area contributed by atoms with E-state index in [-0.39, 0.29) is 16.5 Å². The van der Waals surface area contributed by atoms with E-state index in [0.29, 0.717) is 10.6 Å². The van der Waals surface area contributed by atoms with E-state index in [0.717, 1.165) is 6.07 Å². The van der Waals surface area contributed by atoms with Gasteiger partial charge in [-0.15, -0.1) is 11.8 Å². The Kier molecular flexibility index (Phi) is 3.60. The van der Waals surface area contributed by atoms with Crippen LogP contribution in [-0.2, 0) is 0 Å². The Labute approximate surface area is 90.0 Å². The molecule has 76 valence electrons. The van der Waals surface area contributed by atoms with E-state index in [4.69, 9.17) is 11.6 Å². The molecule has 0 aliphatic rings. The van der Waals surface area contributed by atoms with Gasteiger partial charge in [0.2, 0.25) is 5.75 Å². The first-order valence-corrected chi connectivity index (χ1v) is 5.22. The minimum Gasteiger partial charge on any atom is -0.501 e. The molecule has 0 fully saturated rings. The summed E-state index contributed by atoms with van der Waals surface area (Å²) in [5, 5.41) is 20.3. The summed E-state index contributed by atoms with van der Waals surface area (Å²) < 4.78 is 0. The van der Waals surface area contributed by atoms with Gasteiger partial charge in [-0.2, -0.15) is 0 Å². The van der Waals surface area contributed by atoms with Gasteiger partial charge in [0.25, 0.3) is 0 Å². The first-order valence-electron chi connectivity index (χ1n) is 3.86. The van der Waals surface area contributed by atoms with Gasteiger partial charge in [0.1, 0.15) is 0 Å². The SMILES string of the molecule is CCSc1cc(Cl)cc([N+](=O)[O-])c1O. The van der Waals surface area contributed by atoms with Crippen molar-refractivity contribution in [3.05, 3.63) is 27.3 Å². The molecular weight excluding hydrogens is 226 g/mol. The van der Waals surface area contributed by atoms with Crippen LogP contribution in [0.1, 0.15) is 6.92 Å². The van der Waals surface area contributed by atoms with Gasteiger partial charge < -0.3 is 5.11 Å². The molecule has 1 N–H and O–H groups in total. The van der Waals surface area contributed by atoms with E-state index >= 15 is 0 Å². The molecule has 0 aromatic heterocycles. The van der Waals surface area contributed by atoms with E-state index in [9.17, 15) is 15.2 Å². The number of phenols is 1. The van der Waals surface area contributed by atoms with Crippen LogP contribution in [0.2, 0.25) is 5.02 Å². The molecule has 0 saturated heterocycles. The van der Waals surface area contributed by atoms with Gasteiger partial charge in [-0.1, -0.05) is 18.5 Å². The lowest BCUT2D eigenvalue weighted by Crippen LogP contribution is -1.90. The van der Waals surface area contributed by atoms with E-state index in [1.807, 2.05) is 6.92 Å². The highest BCUT2D eigenvalue weighted by atomic mass is 35.5. The smallest absolute Gasteiger partial charge is 0.313 e. The number of rotatable bonds is 3. The van der Waals surface area contributed by atoms with Crippen LogP contribution in [-0.4, -0.2) is 15.8 Å². The van der Waals surface area contributed by atoms with Crippen molar-refractivity contribution in [2.24, 2.45) is 0 Å². The zero-order chi connectivity index (χ0) is 10.7. The fourth-order valence-electron chi connectivity index (χ4n) is 0.965. The fraction of sp³-hybridized carbons (Fsp3) is 0.250. The maximum Gasteiger partial charge on any atom is 0.313 e. The zero-order valence-electron chi connectivity index (χ0n) is 7.36. The Hall–Kier alpha value is -0.940. The standard InChI is InChI=1S/C8H8ClNO3S/c1-2-14-7-4-5(9)3-6(8(7)11)10(12)13/h3-4,11H,2H2,1H3. The second kappa shape index (κ2) is 4.52. The molecule has 0 aliphatic carbocycles. The zero-order valence-corrected chi connectivity index (χ0v) is 8.93. The monoisotopic (exact) mass is 233 g/mol. The quantitative estimate of drug-likeness (QED) is 0.495. The first kappa shape index (κ1) is 11.1. The first-order chi connectivity index (χ1) is 6.56. The Morgan fingerprint density at radius 3 is 2.79 bits per heavy atom. The van der Waals surface area contributed by atoms with Crippen LogP contribution >= 0.6 is 23.4 Å². The molecule has 0 radical (unpaired) electrons. The maximum absolute atomic E-state index is 10.5. The normalized spacial score (nSPS) is 10.1. The third-order valence-electron chi connectivity index (χ3n) is 1.52. The molecule has 0 spiro atoms. The second-order valence-electron chi connectivity index (χ2n) is 2.46. The Balaban J connectivity index is 3.24. The number of halogens is 1. The third-order valence-corrected chi connectivity index (χ3v) is 2.65. The van der Waals surface area contributed by atoms with Gasteiger partial charge in [-0.25, -0.2) is 0 Å². The molecule has 1 aromatic rings. The van der Waals surface area contributed by atoms with Crippen LogP contribution in [0.15, 0.2) is 17.0 Å². The van der Waals surface area contributed by atoms with Crippen LogP contribution in [0.4, 0.5) is 5.69 Å². The van der Waals surface area contributed by atoms with Crippen LogP contribution in [0, 0.1) is 10.1 Å². The van der Waals surface area contributed by atoms with Gasteiger partial charge >= 0.3 is 5.69 Å². The van der Waals surface area contributed by atoms with Crippen LogP contribution in [0.3, 0.4) is 0 Å². The molecule has 0 aliphatic heterocycles. The molecule has 0 amide bonds. The predicted molar refractivity (Wildman–Crippen MR) is 56.2 cm³/mol. The summed E-state index contributed by atoms with van der Waals surface area (Å²) in [6.07, 6.45) is 0. The number of benzene rings is 1. The van der Waals surface area contributed by atoms with Crippen LogP contribution in [0.5, 0.6) is 5.75 Å². The summed E-state index contributed by atoms with van der Waals surface area (Å²) in [6, 6.07) is 2.65. The van der Waals surface area contributed by atoms with Crippen molar-refractivity contribution in [3.63, 3.8) is 0 Å². The summed E-state index contributed by atoms with van der Waals surface area (Å²) in [7, 11) is 0. The van der Waals surface area contributed by atoms with Crippen molar-refractivity contribution in [1.29, 1.82) is 0 Å². The highest BCUT2D eigenvalue weighted by Crippen LogP contribution is 2.38. The molecule has 14 heavy (non-hydrogen) atoms. The predicted octanol–water partition coefficient (Wildman–Crippen LogP) is 3.07. The van der Waals surface area contributed by atoms with Gasteiger partial charge in [0, 0.05) is 11.1 Å². The number of nitro groups is 1. The Morgan fingerprint density at radius 1 is 1.64 bits per heavy atom. The van der Waals surface area contributed by atoms with Gasteiger partial charge in [-0.05, 0) is 11.8 Å². The highest BCUT2D eigenvalue weighted by molar-refractivity contribution is 7.99. The lowest BCUT2D eigenvalue weighted by atomic mass is 10.3. The van der Waals surface area contributed by atoms with Crippen LogP contribution in [0.25, 0.3) is 0 Å². The molecular formula is C8H8ClNO3S. The number of thioether (sulfide) groups is 1. The van der Waals surface area contributed by atoms with Crippen LogP contribution < -0.4 is 0 Å². The largest absolute Gasteiger partial charge is 0.501 e. The molecule has 0 unspecified atom stereocenters. The average Bonchev–Trinajstić information content (AvgIpc) is 2.10. The Bertz CT molecular complexity index is 370. The van der Waals surface area contributed by atoms with Gasteiger partial charge in [-0.3, -0.25) is 10.1 Å². The van der Waals surface area contributed by atoms with Gasteiger partial charge in [0.15, 0.2) is 0 Å². The summed E-state index contributed by atoms with van der Waals surface area (Å²) >= 11 is 6.98. The summed E-state index contributed by atoms with van der Waals surface area (Å²) in [5.41, 5.74) is -0.353. The number of hydrogen-bond donors (Lipinski definition) is 1. The van der Waals surface area contributed by atoms with Crippen molar-refractivity contribution in [2.75, 3.05) is 5.75 Å². The van der Waals surface area contributed by atoms with E-state index in [1.54, 1.807) is 0 Å². The number of hydrogen-bond acceptors (Lipinski definition) is 4. The van der Waals surface area contributed by atoms with E-state index in [1.165, 1.54) is 17.8 Å². The fourth-order valence-corrected chi connectivity index (χ4v) is 2.00. The van der Waals surface area contributed by atoms with Gasteiger partial charge in [0.05, 0.1) is 9.82 Å². The third kappa shape index (κ3) is 2.30. The summed E-state index contributed by atoms with van der Waals surface area (Å²) in [4.78, 5) is 10.3. The highest BCUT2D eigenvalue weighted by Gasteiger charge is 2.18. The molecule has 0 bridgehead atoms. The molecule has 0 saturated carbocycles. The molecule has 1 aromatic carbocycles. The lowest BCUT2D eigenvalue weighted by molar-refractivity contribution is -0.386. The van der Waals surface area contributed by atoms with Crippen molar-refractivity contribution in [3.8, 4) is 5.75 Å².